The average molecular weight is 508 g/mol. The van der Waals surface area contributed by atoms with Crippen LogP contribution in [0.25, 0.3) is 0 Å². The summed E-state index contributed by atoms with van der Waals surface area (Å²) >= 11 is 0. The highest BCUT2D eigenvalue weighted by molar-refractivity contribution is 6.10. The van der Waals surface area contributed by atoms with Crippen LogP contribution in [0.2, 0.25) is 0 Å². The van der Waals surface area contributed by atoms with E-state index in [1.807, 2.05) is 35.9 Å². The Morgan fingerprint density at radius 1 is 1.22 bits per heavy atom. The third-order valence-electron chi connectivity index (χ3n) is 8.25. The highest BCUT2D eigenvalue weighted by Gasteiger charge is 2.37. The summed E-state index contributed by atoms with van der Waals surface area (Å²) < 4.78 is 35.6. The number of nitrogens with zero attached hydrogens (tertiary/aromatic N) is 4. The number of fused-ring (bicyclic) bond motifs is 1. The fourth-order valence-electron chi connectivity index (χ4n) is 5.74. The Hall–Kier alpha value is -3.17. The molecule has 1 amide bonds. The van der Waals surface area contributed by atoms with E-state index in [1.165, 1.54) is 6.42 Å². The van der Waals surface area contributed by atoms with Crippen molar-refractivity contribution in [1.29, 1.82) is 0 Å². The zero-order valence-corrected chi connectivity index (χ0v) is 21.1. The number of hydrogen-bond donors (Lipinski definition) is 1. The molecule has 1 aliphatic carbocycles. The van der Waals surface area contributed by atoms with E-state index in [-0.39, 0.29) is 35.4 Å². The van der Waals surface area contributed by atoms with Crippen molar-refractivity contribution < 1.29 is 18.3 Å². The molecule has 6 rings (SSSR count). The van der Waals surface area contributed by atoms with E-state index in [0.717, 1.165) is 29.8 Å². The number of halogens is 2. The molecule has 3 heterocycles. The number of aromatic nitrogens is 3. The molecule has 0 radical (unpaired) electrons. The van der Waals surface area contributed by atoms with Gasteiger partial charge in [0.05, 0.1) is 25.7 Å². The van der Waals surface area contributed by atoms with Gasteiger partial charge in [-0.05, 0) is 67.1 Å². The molecule has 0 unspecified atom stereocenters. The minimum absolute atomic E-state index is 0.0385. The molecule has 2 fully saturated rings. The summed E-state index contributed by atoms with van der Waals surface area (Å²) in [6, 6.07) is 11.1. The van der Waals surface area contributed by atoms with Gasteiger partial charge >= 0.3 is 0 Å². The predicted octanol–water partition coefficient (Wildman–Crippen LogP) is 4.72. The molecule has 2 aliphatic heterocycles. The van der Waals surface area contributed by atoms with Gasteiger partial charge in [0, 0.05) is 41.9 Å². The average Bonchev–Trinajstić information content (AvgIpc) is 3.41. The Morgan fingerprint density at radius 3 is 2.65 bits per heavy atom. The van der Waals surface area contributed by atoms with Crippen molar-refractivity contribution in [3.05, 3.63) is 76.4 Å². The third kappa shape index (κ3) is 4.34. The number of ether oxygens (including phenoxy) is 1. The summed E-state index contributed by atoms with van der Waals surface area (Å²) in [6.45, 7) is 4.01. The van der Waals surface area contributed by atoms with E-state index in [0.29, 0.717) is 36.6 Å². The lowest BCUT2D eigenvalue weighted by Gasteiger charge is -2.39. The number of rotatable bonds is 8. The first kappa shape index (κ1) is 24.2. The van der Waals surface area contributed by atoms with E-state index >= 15 is 0 Å². The zero-order chi connectivity index (χ0) is 25.7. The molecule has 1 aromatic heterocycles. The Kier molecular flexibility index (Phi) is 6.07. The van der Waals surface area contributed by atoms with Gasteiger partial charge in [-0.3, -0.25) is 4.79 Å². The van der Waals surface area contributed by atoms with Gasteiger partial charge in [-0.15, -0.1) is 10.2 Å². The van der Waals surface area contributed by atoms with Gasteiger partial charge in [0.2, 0.25) is 0 Å². The minimum atomic E-state index is -2.65. The van der Waals surface area contributed by atoms with E-state index in [4.69, 9.17) is 4.74 Å². The Morgan fingerprint density at radius 2 is 2.03 bits per heavy atom. The van der Waals surface area contributed by atoms with Crippen molar-refractivity contribution in [3.63, 3.8) is 0 Å². The van der Waals surface area contributed by atoms with E-state index in [2.05, 4.69) is 22.4 Å². The van der Waals surface area contributed by atoms with Gasteiger partial charge in [-0.1, -0.05) is 12.1 Å². The molecule has 194 valence electrons. The monoisotopic (exact) mass is 507 g/mol. The second-order valence-electron chi connectivity index (χ2n) is 10.8. The van der Waals surface area contributed by atoms with Crippen molar-refractivity contribution >= 4 is 11.6 Å². The fraction of sp³-hybridized carbons (Fsp3) is 0.464. The van der Waals surface area contributed by atoms with Crippen LogP contribution in [0.1, 0.15) is 77.0 Å². The zero-order valence-electron chi connectivity index (χ0n) is 21.1. The van der Waals surface area contributed by atoms with Crippen LogP contribution in [0.15, 0.2) is 42.7 Å². The van der Waals surface area contributed by atoms with Crippen LogP contribution in [0.5, 0.6) is 0 Å². The van der Waals surface area contributed by atoms with Gasteiger partial charge in [0.15, 0.2) is 0 Å². The van der Waals surface area contributed by atoms with Gasteiger partial charge in [0.1, 0.15) is 12.2 Å². The molecule has 9 heteroatoms. The number of alkyl halides is 2. The Labute approximate surface area is 214 Å². The van der Waals surface area contributed by atoms with Crippen LogP contribution in [0, 0.1) is 5.92 Å². The number of anilines is 1. The molecular weight excluding hydrogens is 476 g/mol. The standard InChI is InChI=1S/C28H31F2N5O2/c1-28(7-4-8-28)31-12-17-9-21(25(29)30)23-13-35(27(36)22(23)10-17)20-6-3-5-18(11-20)24(19-14-37-15-19)26-33-32-16-34(26)2/h3,5-6,9-11,16,19,24-25,31H,4,7-8,12-15H2,1-2H3/t24-/m1/s1. The molecule has 3 aliphatic rings. The van der Waals surface area contributed by atoms with Crippen molar-refractivity contribution in [2.75, 3.05) is 18.1 Å². The normalized spacial score (nSPS) is 19.6. The van der Waals surface area contributed by atoms with E-state index in [9.17, 15) is 13.6 Å². The summed E-state index contributed by atoms with van der Waals surface area (Å²) in [5.41, 5.74) is 3.19. The number of amides is 1. The summed E-state index contributed by atoms with van der Waals surface area (Å²) in [5, 5.41) is 11.9. The molecule has 1 saturated carbocycles. The molecule has 37 heavy (non-hydrogen) atoms. The Balaban J connectivity index is 1.31. The fourth-order valence-corrected chi connectivity index (χ4v) is 5.74. The van der Waals surface area contributed by atoms with Crippen LogP contribution in [-0.2, 0) is 24.9 Å². The van der Waals surface area contributed by atoms with Crippen molar-refractivity contribution in [3.8, 4) is 0 Å². The van der Waals surface area contributed by atoms with Crippen LogP contribution in [0.4, 0.5) is 14.5 Å². The molecule has 0 bridgehead atoms. The first-order valence-electron chi connectivity index (χ1n) is 12.9. The van der Waals surface area contributed by atoms with Crippen LogP contribution >= 0.6 is 0 Å². The smallest absolute Gasteiger partial charge is 0.264 e. The number of hydrogen-bond acceptors (Lipinski definition) is 5. The van der Waals surface area contributed by atoms with Crippen LogP contribution in [-0.4, -0.2) is 39.4 Å². The largest absolute Gasteiger partial charge is 0.381 e. The maximum absolute atomic E-state index is 14.1. The van der Waals surface area contributed by atoms with Gasteiger partial charge in [-0.25, -0.2) is 8.78 Å². The number of aryl methyl sites for hydroxylation is 1. The van der Waals surface area contributed by atoms with Crippen molar-refractivity contribution in [2.24, 2.45) is 13.0 Å². The summed E-state index contributed by atoms with van der Waals surface area (Å²) in [4.78, 5) is 15.2. The lowest BCUT2D eigenvalue weighted by Crippen LogP contribution is -2.47. The lowest BCUT2D eigenvalue weighted by molar-refractivity contribution is -0.0407. The summed E-state index contributed by atoms with van der Waals surface area (Å²) in [6.07, 6.45) is 2.35. The molecule has 2 aromatic carbocycles. The number of nitrogens with one attached hydrogen (secondary N) is 1. The minimum Gasteiger partial charge on any atom is -0.381 e. The first-order valence-corrected chi connectivity index (χ1v) is 12.9. The molecular formula is C28H31F2N5O2. The topological polar surface area (TPSA) is 72.3 Å². The number of carbonyl (C=O) groups excluding carboxylic acids is 1. The highest BCUT2D eigenvalue weighted by atomic mass is 19.3. The van der Waals surface area contributed by atoms with Crippen LogP contribution < -0.4 is 10.2 Å². The van der Waals surface area contributed by atoms with E-state index < -0.39 is 6.43 Å². The van der Waals surface area contributed by atoms with Crippen LogP contribution in [0.3, 0.4) is 0 Å². The number of benzene rings is 2. The predicted molar refractivity (Wildman–Crippen MR) is 135 cm³/mol. The SMILES string of the molecule is Cn1cnnc1[C@H](c1cccc(N2Cc3c(cc(CNC4(C)CCC4)cc3C(F)F)C2=O)c1)C1COC1. The molecule has 1 atom stereocenters. The van der Waals surface area contributed by atoms with Crippen molar-refractivity contribution in [2.45, 2.75) is 57.2 Å². The quantitative estimate of drug-likeness (QED) is 0.478. The second kappa shape index (κ2) is 9.29. The molecule has 0 spiro atoms. The van der Waals surface area contributed by atoms with E-state index in [1.54, 1.807) is 23.4 Å². The molecule has 1 saturated heterocycles. The third-order valence-corrected chi connectivity index (χ3v) is 8.25. The summed E-state index contributed by atoms with van der Waals surface area (Å²) in [7, 11) is 1.91. The Bertz CT molecular complexity index is 1330. The lowest BCUT2D eigenvalue weighted by atomic mass is 9.78. The highest BCUT2D eigenvalue weighted by Crippen LogP contribution is 2.40. The first-order chi connectivity index (χ1) is 17.8. The van der Waals surface area contributed by atoms with Gasteiger partial charge < -0.3 is 19.5 Å². The van der Waals surface area contributed by atoms with Gasteiger partial charge in [-0.2, -0.15) is 0 Å². The maximum Gasteiger partial charge on any atom is 0.264 e. The van der Waals surface area contributed by atoms with Gasteiger partial charge in [0.25, 0.3) is 12.3 Å². The second-order valence-corrected chi connectivity index (χ2v) is 10.8. The maximum atomic E-state index is 14.1. The number of carbonyl (C=O) groups is 1. The molecule has 1 N–H and O–H groups in total. The summed E-state index contributed by atoms with van der Waals surface area (Å²) in [5.74, 6) is 0.804. The molecule has 3 aromatic rings. The van der Waals surface area contributed by atoms with Crippen molar-refractivity contribution in [1.82, 2.24) is 20.1 Å². The molecule has 7 nitrogen and oxygen atoms in total.